The molecule has 10 heavy (non-hydrogen) atoms. The van der Waals surface area contributed by atoms with E-state index in [4.69, 9.17) is 5.73 Å². The Morgan fingerprint density at radius 3 is 2.70 bits per heavy atom. The van der Waals surface area contributed by atoms with Crippen LogP contribution in [0.15, 0.2) is 22.8 Å². The zero-order chi connectivity index (χ0) is 7.61. The highest BCUT2D eigenvalue weighted by Crippen LogP contribution is 2.26. The van der Waals surface area contributed by atoms with Gasteiger partial charge in [0, 0.05) is 0 Å². The first-order valence-electron chi connectivity index (χ1n) is 2.78. The molecule has 0 bridgehead atoms. The Balaban J connectivity index is 2.85. The van der Waals surface area contributed by atoms with Crippen LogP contribution in [-0.2, 0) is 5.92 Å². The quantitative estimate of drug-likeness (QED) is 0.685. The lowest BCUT2D eigenvalue weighted by molar-refractivity contribution is -0.0159. The predicted molar refractivity (Wildman–Crippen MR) is 31.7 cm³/mol. The summed E-state index contributed by atoms with van der Waals surface area (Å²) >= 11 is 0. The van der Waals surface area contributed by atoms with Gasteiger partial charge in [0.1, 0.15) is 0 Å². The third-order valence-corrected chi connectivity index (χ3v) is 1.14. The molecule has 0 radical (unpaired) electrons. The fraction of sp³-hybridized carbons (Fsp3) is 0.333. The minimum absolute atomic E-state index is 0.380. The summed E-state index contributed by atoms with van der Waals surface area (Å²) in [6, 6.07) is 2.60. The van der Waals surface area contributed by atoms with Gasteiger partial charge in [-0.05, 0) is 12.1 Å². The number of rotatable bonds is 2. The highest BCUT2D eigenvalue weighted by Gasteiger charge is 2.32. The first kappa shape index (κ1) is 7.21. The van der Waals surface area contributed by atoms with Crippen LogP contribution >= 0.6 is 0 Å². The topological polar surface area (TPSA) is 39.2 Å². The van der Waals surface area contributed by atoms with Gasteiger partial charge in [-0.1, -0.05) is 0 Å². The van der Waals surface area contributed by atoms with Crippen LogP contribution in [0.3, 0.4) is 0 Å². The van der Waals surface area contributed by atoms with E-state index in [9.17, 15) is 8.78 Å². The average molecular weight is 147 g/mol. The highest BCUT2D eigenvalue weighted by molar-refractivity contribution is 5.05. The second-order valence-corrected chi connectivity index (χ2v) is 1.89. The molecule has 0 fully saturated rings. The summed E-state index contributed by atoms with van der Waals surface area (Å²) in [6.45, 7) is -0.722. The molecule has 0 aromatic carbocycles. The molecule has 0 aliphatic carbocycles. The zero-order valence-electron chi connectivity index (χ0n) is 5.18. The molecule has 0 aliphatic rings. The van der Waals surface area contributed by atoms with E-state index in [-0.39, 0.29) is 5.76 Å². The molecular formula is C6H7F2NO. The van der Waals surface area contributed by atoms with Crippen molar-refractivity contribution in [1.29, 1.82) is 0 Å². The molecule has 0 atom stereocenters. The molecule has 0 unspecified atom stereocenters. The zero-order valence-corrected chi connectivity index (χ0v) is 5.18. The van der Waals surface area contributed by atoms with Gasteiger partial charge in [0.2, 0.25) is 0 Å². The monoisotopic (exact) mass is 147 g/mol. The molecule has 1 rings (SSSR count). The maximum Gasteiger partial charge on any atom is 0.316 e. The van der Waals surface area contributed by atoms with Crippen LogP contribution in [0.5, 0.6) is 0 Å². The van der Waals surface area contributed by atoms with Gasteiger partial charge >= 0.3 is 5.92 Å². The van der Waals surface area contributed by atoms with E-state index in [0.717, 1.165) is 0 Å². The van der Waals surface area contributed by atoms with E-state index in [2.05, 4.69) is 4.42 Å². The van der Waals surface area contributed by atoms with E-state index in [1.165, 1.54) is 18.4 Å². The normalized spacial score (nSPS) is 11.9. The summed E-state index contributed by atoms with van der Waals surface area (Å²) in [5.74, 6) is -3.40. The van der Waals surface area contributed by atoms with E-state index in [1.54, 1.807) is 0 Å². The van der Waals surface area contributed by atoms with Gasteiger partial charge in [-0.25, -0.2) is 0 Å². The lowest BCUT2D eigenvalue weighted by Crippen LogP contribution is -2.24. The molecule has 0 saturated carbocycles. The van der Waals surface area contributed by atoms with Crippen molar-refractivity contribution in [2.24, 2.45) is 5.73 Å². The first-order valence-corrected chi connectivity index (χ1v) is 2.78. The van der Waals surface area contributed by atoms with Crippen LogP contribution in [0.25, 0.3) is 0 Å². The molecule has 0 aliphatic heterocycles. The number of hydrogen-bond donors (Lipinski definition) is 1. The molecular weight excluding hydrogens is 140 g/mol. The molecule has 4 heteroatoms. The van der Waals surface area contributed by atoms with Gasteiger partial charge in [0.05, 0.1) is 12.8 Å². The number of alkyl halides is 2. The van der Waals surface area contributed by atoms with Crippen molar-refractivity contribution < 1.29 is 13.2 Å². The lowest BCUT2D eigenvalue weighted by atomic mass is 10.2. The van der Waals surface area contributed by atoms with Gasteiger partial charge in [-0.2, -0.15) is 8.78 Å². The first-order chi connectivity index (χ1) is 4.67. The summed E-state index contributed by atoms with van der Waals surface area (Å²) in [5.41, 5.74) is 4.79. The molecule has 1 aromatic heterocycles. The SMILES string of the molecule is NCC(F)(F)c1ccco1. The summed E-state index contributed by atoms with van der Waals surface area (Å²) in [6.07, 6.45) is 1.19. The predicted octanol–water partition coefficient (Wildman–Crippen LogP) is 1.33. The average Bonchev–Trinajstić information content (AvgIpc) is 2.38. The van der Waals surface area contributed by atoms with Gasteiger partial charge < -0.3 is 10.2 Å². The maximum atomic E-state index is 12.5. The Kier molecular flexibility index (Phi) is 1.72. The fourth-order valence-electron chi connectivity index (χ4n) is 0.587. The second-order valence-electron chi connectivity index (χ2n) is 1.89. The molecule has 56 valence electrons. The third-order valence-electron chi connectivity index (χ3n) is 1.14. The Hall–Kier alpha value is -0.900. The van der Waals surface area contributed by atoms with Gasteiger partial charge in [-0.15, -0.1) is 0 Å². The Labute approximate surface area is 56.6 Å². The minimum atomic E-state index is -3.02. The van der Waals surface area contributed by atoms with Crippen LogP contribution in [-0.4, -0.2) is 6.54 Å². The highest BCUT2D eigenvalue weighted by atomic mass is 19.3. The molecule has 0 spiro atoms. The van der Waals surface area contributed by atoms with E-state index < -0.39 is 12.5 Å². The molecule has 1 heterocycles. The number of nitrogens with two attached hydrogens (primary N) is 1. The van der Waals surface area contributed by atoms with Crippen molar-refractivity contribution in [3.05, 3.63) is 24.2 Å². The standard InChI is InChI=1S/C6H7F2NO/c7-6(8,4-9)5-2-1-3-10-5/h1-3H,4,9H2. The fourth-order valence-corrected chi connectivity index (χ4v) is 0.587. The van der Waals surface area contributed by atoms with Crippen LogP contribution in [0, 0.1) is 0 Å². The van der Waals surface area contributed by atoms with Crippen molar-refractivity contribution >= 4 is 0 Å². The maximum absolute atomic E-state index is 12.5. The van der Waals surface area contributed by atoms with Gasteiger partial charge in [-0.3, -0.25) is 0 Å². The summed E-state index contributed by atoms with van der Waals surface area (Å²) in [4.78, 5) is 0. The third kappa shape index (κ3) is 1.16. The number of halogens is 2. The van der Waals surface area contributed by atoms with E-state index >= 15 is 0 Å². The molecule has 0 saturated heterocycles. The van der Waals surface area contributed by atoms with Gasteiger partial charge in [0.15, 0.2) is 5.76 Å². The van der Waals surface area contributed by atoms with Crippen molar-refractivity contribution in [2.75, 3.05) is 6.54 Å². The van der Waals surface area contributed by atoms with Crippen molar-refractivity contribution in [3.63, 3.8) is 0 Å². The van der Waals surface area contributed by atoms with E-state index in [0.29, 0.717) is 0 Å². The Morgan fingerprint density at radius 1 is 1.60 bits per heavy atom. The van der Waals surface area contributed by atoms with Crippen LogP contribution in [0.2, 0.25) is 0 Å². The lowest BCUT2D eigenvalue weighted by Gasteiger charge is -2.08. The van der Waals surface area contributed by atoms with Crippen molar-refractivity contribution in [2.45, 2.75) is 5.92 Å². The number of hydrogen-bond acceptors (Lipinski definition) is 2. The van der Waals surface area contributed by atoms with Crippen LogP contribution in [0.4, 0.5) is 8.78 Å². The number of furan rings is 1. The Bertz CT molecular complexity index is 196. The van der Waals surface area contributed by atoms with Crippen molar-refractivity contribution in [1.82, 2.24) is 0 Å². The Morgan fingerprint density at radius 2 is 2.30 bits per heavy atom. The minimum Gasteiger partial charge on any atom is -0.463 e. The molecule has 0 amide bonds. The van der Waals surface area contributed by atoms with Crippen LogP contribution < -0.4 is 5.73 Å². The molecule has 2 nitrogen and oxygen atoms in total. The summed E-state index contributed by atoms with van der Waals surface area (Å²) in [7, 11) is 0. The van der Waals surface area contributed by atoms with Crippen molar-refractivity contribution in [3.8, 4) is 0 Å². The largest absolute Gasteiger partial charge is 0.463 e. The van der Waals surface area contributed by atoms with Crippen LogP contribution in [0.1, 0.15) is 5.76 Å². The summed E-state index contributed by atoms with van der Waals surface area (Å²) < 4.78 is 29.5. The van der Waals surface area contributed by atoms with E-state index in [1.807, 2.05) is 0 Å². The smallest absolute Gasteiger partial charge is 0.316 e. The molecule has 2 N–H and O–H groups in total. The van der Waals surface area contributed by atoms with Gasteiger partial charge in [0.25, 0.3) is 0 Å². The summed E-state index contributed by atoms with van der Waals surface area (Å²) in [5, 5.41) is 0. The molecule has 1 aromatic rings. The second kappa shape index (κ2) is 2.38.